The number of benzene rings is 2. The smallest absolute Gasteiger partial charge is 0.321 e. The fourth-order valence-corrected chi connectivity index (χ4v) is 3.83. The number of piperidine rings is 1. The van der Waals surface area contributed by atoms with Crippen molar-refractivity contribution in [2.24, 2.45) is 5.92 Å². The van der Waals surface area contributed by atoms with Crippen molar-refractivity contribution in [3.05, 3.63) is 48.8 Å². The third-order valence-electron chi connectivity index (χ3n) is 5.49. The van der Waals surface area contributed by atoms with Gasteiger partial charge in [0.15, 0.2) is 0 Å². The molecule has 7 heteroatoms. The standard InChI is InChI=1S/C22H26N4O3/c1-28-18-11-17(12-19(13-18)29-2)24-22(27)25-9-7-16(8-10-25)14-26-15-23-20-5-3-4-6-21(20)26/h3-6,11-13,15-16H,7-10,14H2,1-2H3,(H,24,27). The molecule has 0 radical (unpaired) electrons. The number of rotatable bonds is 5. The van der Waals surface area contributed by atoms with Gasteiger partial charge in [-0.25, -0.2) is 9.78 Å². The van der Waals surface area contributed by atoms with E-state index in [-0.39, 0.29) is 6.03 Å². The summed E-state index contributed by atoms with van der Waals surface area (Å²) in [6.07, 6.45) is 3.86. The highest BCUT2D eigenvalue weighted by molar-refractivity contribution is 5.90. The number of imidazole rings is 1. The average molecular weight is 394 g/mol. The molecule has 2 amide bonds. The number of hydrogen-bond donors (Lipinski definition) is 1. The summed E-state index contributed by atoms with van der Waals surface area (Å²) < 4.78 is 12.8. The first-order valence-electron chi connectivity index (χ1n) is 9.85. The highest BCUT2D eigenvalue weighted by Gasteiger charge is 2.23. The van der Waals surface area contributed by atoms with Crippen LogP contribution in [0.1, 0.15) is 12.8 Å². The van der Waals surface area contributed by atoms with Gasteiger partial charge >= 0.3 is 6.03 Å². The van der Waals surface area contributed by atoms with Gasteiger partial charge in [-0.3, -0.25) is 0 Å². The van der Waals surface area contributed by atoms with Gasteiger partial charge in [0, 0.05) is 43.5 Å². The average Bonchev–Trinajstić information content (AvgIpc) is 3.16. The van der Waals surface area contributed by atoms with Gasteiger partial charge in [-0.2, -0.15) is 0 Å². The SMILES string of the molecule is COc1cc(NC(=O)N2CCC(Cn3cnc4ccccc43)CC2)cc(OC)c1. The molecule has 1 saturated heterocycles. The van der Waals surface area contributed by atoms with Crippen LogP contribution in [0.25, 0.3) is 11.0 Å². The maximum absolute atomic E-state index is 12.7. The van der Waals surface area contributed by atoms with E-state index in [4.69, 9.17) is 9.47 Å². The first kappa shape index (κ1) is 19.1. The Morgan fingerprint density at radius 3 is 2.48 bits per heavy atom. The number of fused-ring (bicyclic) bond motifs is 1. The molecule has 2 heterocycles. The summed E-state index contributed by atoms with van der Waals surface area (Å²) >= 11 is 0. The Kier molecular flexibility index (Phi) is 5.55. The number of hydrogen-bond acceptors (Lipinski definition) is 4. The van der Waals surface area contributed by atoms with Gasteiger partial charge in [0.1, 0.15) is 11.5 Å². The molecule has 1 aliphatic heterocycles. The lowest BCUT2D eigenvalue weighted by atomic mass is 9.97. The molecule has 1 aliphatic rings. The van der Waals surface area contributed by atoms with E-state index in [9.17, 15) is 4.79 Å². The van der Waals surface area contributed by atoms with Crippen LogP contribution in [0.4, 0.5) is 10.5 Å². The predicted octanol–water partition coefficient (Wildman–Crippen LogP) is 4.00. The number of anilines is 1. The van der Waals surface area contributed by atoms with Crippen molar-refractivity contribution in [3.8, 4) is 11.5 Å². The predicted molar refractivity (Wildman–Crippen MR) is 113 cm³/mol. The first-order valence-corrected chi connectivity index (χ1v) is 9.85. The number of para-hydroxylation sites is 2. The maximum atomic E-state index is 12.7. The van der Waals surface area contributed by atoms with E-state index in [1.165, 1.54) is 5.52 Å². The van der Waals surface area contributed by atoms with Crippen molar-refractivity contribution < 1.29 is 14.3 Å². The van der Waals surface area contributed by atoms with E-state index < -0.39 is 0 Å². The van der Waals surface area contributed by atoms with E-state index in [0.717, 1.165) is 38.0 Å². The topological polar surface area (TPSA) is 68.6 Å². The van der Waals surface area contributed by atoms with E-state index in [1.807, 2.05) is 29.4 Å². The Morgan fingerprint density at radius 1 is 1.10 bits per heavy atom. The Hall–Kier alpha value is -3.22. The maximum Gasteiger partial charge on any atom is 0.321 e. The van der Waals surface area contributed by atoms with Crippen LogP contribution in [-0.2, 0) is 6.54 Å². The van der Waals surface area contributed by atoms with Crippen LogP contribution < -0.4 is 14.8 Å². The minimum Gasteiger partial charge on any atom is -0.497 e. The van der Waals surface area contributed by atoms with Gasteiger partial charge in [-0.05, 0) is 30.9 Å². The fraction of sp³-hybridized carbons (Fsp3) is 0.364. The number of carbonyl (C=O) groups excluding carboxylic acids is 1. The van der Waals surface area contributed by atoms with Crippen molar-refractivity contribution >= 4 is 22.8 Å². The van der Waals surface area contributed by atoms with Crippen LogP contribution in [0.15, 0.2) is 48.8 Å². The van der Waals surface area contributed by atoms with Crippen LogP contribution in [0.5, 0.6) is 11.5 Å². The molecule has 0 bridgehead atoms. The summed E-state index contributed by atoms with van der Waals surface area (Å²) in [5.74, 6) is 1.82. The lowest BCUT2D eigenvalue weighted by molar-refractivity contribution is 0.177. The zero-order chi connectivity index (χ0) is 20.2. The van der Waals surface area contributed by atoms with Crippen molar-refractivity contribution in [1.82, 2.24) is 14.5 Å². The quantitative estimate of drug-likeness (QED) is 0.710. The lowest BCUT2D eigenvalue weighted by Gasteiger charge is -2.32. The highest BCUT2D eigenvalue weighted by atomic mass is 16.5. The monoisotopic (exact) mass is 394 g/mol. The second-order valence-corrected chi connectivity index (χ2v) is 7.35. The largest absolute Gasteiger partial charge is 0.497 e. The molecular formula is C22H26N4O3. The number of nitrogens with zero attached hydrogens (tertiary/aromatic N) is 3. The van der Waals surface area contributed by atoms with E-state index in [2.05, 4.69) is 20.9 Å². The highest BCUT2D eigenvalue weighted by Crippen LogP contribution is 2.27. The van der Waals surface area contributed by atoms with Gasteiger partial charge in [0.25, 0.3) is 0 Å². The summed E-state index contributed by atoms with van der Waals surface area (Å²) in [6.45, 7) is 2.41. The third kappa shape index (κ3) is 4.29. The molecular weight excluding hydrogens is 368 g/mol. The first-order chi connectivity index (χ1) is 14.2. The van der Waals surface area contributed by atoms with Crippen LogP contribution >= 0.6 is 0 Å². The Balaban J connectivity index is 1.34. The number of aromatic nitrogens is 2. The molecule has 4 rings (SSSR count). The second-order valence-electron chi connectivity index (χ2n) is 7.35. The Labute approximate surface area is 170 Å². The van der Waals surface area contributed by atoms with Gasteiger partial charge in [-0.15, -0.1) is 0 Å². The van der Waals surface area contributed by atoms with Crippen LogP contribution in [0, 0.1) is 5.92 Å². The molecule has 0 atom stereocenters. The summed E-state index contributed by atoms with van der Waals surface area (Å²) in [6, 6.07) is 13.5. The van der Waals surface area contributed by atoms with Crippen molar-refractivity contribution in [3.63, 3.8) is 0 Å². The van der Waals surface area contributed by atoms with Crippen molar-refractivity contribution in [2.75, 3.05) is 32.6 Å². The van der Waals surface area contributed by atoms with Crippen LogP contribution in [-0.4, -0.2) is 47.8 Å². The molecule has 0 saturated carbocycles. The van der Waals surface area contributed by atoms with Crippen molar-refractivity contribution in [2.45, 2.75) is 19.4 Å². The molecule has 3 aromatic rings. The fourth-order valence-electron chi connectivity index (χ4n) is 3.83. The van der Waals surface area contributed by atoms with Crippen molar-refractivity contribution in [1.29, 1.82) is 0 Å². The summed E-state index contributed by atoms with van der Waals surface area (Å²) in [4.78, 5) is 19.0. The molecule has 0 spiro atoms. The molecule has 1 N–H and O–H groups in total. The number of urea groups is 1. The number of nitrogens with one attached hydrogen (secondary N) is 1. The van der Waals surface area contributed by atoms with E-state index >= 15 is 0 Å². The summed E-state index contributed by atoms with van der Waals surface area (Å²) in [7, 11) is 3.18. The number of carbonyl (C=O) groups is 1. The molecule has 29 heavy (non-hydrogen) atoms. The van der Waals surface area contributed by atoms with Crippen LogP contribution in [0.2, 0.25) is 0 Å². The summed E-state index contributed by atoms with van der Waals surface area (Å²) in [5, 5.41) is 2.96. The normalized spacial score (nSPS) is 14.8. The Morgan fingerprint density at radius 2 is 1.79 bits per heavy atom. The molecule has 1 fully saturated rings. The zero-order valence-corrected chi connectivity index (χ0v) is 16.8. The third-order valence-corrected chi connectivity index (χ3v) is 5.49. The van der Waals surface area contributed by atoms with E-state index in [0.29, 0.717) is 23.1 Å². The molecule has 1 aromatic heterocycles. The second kappa shape index (κ2) is 8.43. The minimum atomic E-state index is -0.0909. The molecule has 152 valence electrons. The number of amides is 2. The minimum absolute atomic E-state index is 0.0909. The molecule has 7 nitrogen and oxygen atoms in total. The van der Waals surface area contributed by atoms with Crippen LogP contribution in [0.3, 0.4) is 0 Å². The van der Waals surface area contributed by atoms with Gasteiger partial charge in [0.05, 0.1) is 31.6 Å². The zero-order valence-electron chi connectivity index (χ0n) is 16.8. The van der Waals surface area contributed by atoms with E-state index in [1.54, 1.807) is 32.4 Å². The van der Waals surface area contributed by atoms with Gasteiger partial charge < -0.3 is 24.3 Å². The van der Waals surface area contributed by atoms with Gasteiger partial charge in [-0.1, -0.05) is 12.1 Å². The number of likely N-dealkylation sites (tertiary alicyclic amines) is 1. The lowest BCUT2D eigenvalue weighted by Crippen LogP contribution is -2.41. The number of methoxy groups -OCH3 is 2. The summed E-state index contributed by atoms with van der Waals surface area (Å²) in [5.41, 5.74) is 2.86. The molecule has 2 aromatic carbocycles. The van der Waals surface area contributed by atoms with Gasteiger partial charge in [0.2, 0.25) is 0 Å². The Bertz CT molecular complexity index is 970. The number of ether oxygens (including phenoxy) is 2. The molecule has 0 unspecified atom stereocenters. The molecule has 0 aliphatic carbocycles.